The fraction of sp³-hybridized carbons (Fsp3) is 1.00. The highest BCUT2D eigenvalue weighted by Gasteiger charge is 2.40. The Kier molecular flexibility index (Phi) is 2.49. The Morgan fingerprint density at radius 1 is 1.00 bits per heavy atom. The molecule has 3 aliphatic heterocycles. The predicted molar refractivity (Wildman–Crippen MR) is 60.0 cm³/mol. The lowest BCUT2D eigenvalue weighted by Gasteiger charge is -2.49. The van der Waals surface area contributed by atoms with Gasteiger partial charge in [0.05, 0.1) is 12.2 Å². The molecule has 3 nitrogen and oxygen atoms in total. The Morgan fingerprint density at radius 2 is 1.60 bits per heavy atom. The number of hydrogen-bond donors (Lipinski definition) is 0. The van der Waals surface area contributed by atoms with Crippen molar-refractivity contribution in [2.75, 3.05) is 26.2 Å². The summed E-state index contributed by atoms with van der Waals surface area (Å²) in [5, 5.41) is 0. The summed E-state index contributed by atoms with van der Waals surface area (Å²) in [6.45, 7) is 9.51. The van der Waals surface area contributed by atoms with E-state index in [1.807, 2.05) is 0 Å². The second kappa shape index (κ2) is 3.72. The van der Waals surface area contributed by atoms with E-state index in [0.29, 0.717) is 12.2 Å². The molecule has 0 saturated carbocycles. The van der Waals surface area contributed by atoms with Crippen molar-refractivity contribution in [1.82, 2.24) is 9.80 Å². The fourth-order valence-electron chi connectivity index (χ4n) is 3.08. The maximum absolute atomic E-state index is 5.87. The second-order valence-corrected chi connectivity index (χ2v) is 5.61. The monoisotopic (exact) mass is 210 g/mol. The lowest BCUT2D eigenvalue weighted by Crippen LogP contribution is -2.64. The number of likely N-dealkylation sites (tertiary alicyclic amines) is 2. The van der Waals surface area contributed by atoms with Gasteiger partial charge in [0.1, 0.15) is 0 Å². The van der Waals surface area contributed by atoms with Gasteiger partial charge in [-0.3, -0.25) is 9.80 Å². The van der Waals surface area contributed by atoms with Crippen molar-refractivity contribution in [2.45, 2.75) is 51.0 Å². The van der Waals surface area contributed by atoms with E-state index in [2.05, 4.69) is 23.6 Å². The van der Waals surface area contributed by atoms with Crippen LogP contribution in [0.5, 0.6) is 0 Å². The Balaban J connectivity index is 1.53. The number of rotatable bonds is 2. The van der Waals surface area contributed by atoms with Crippen LogP contribution < -0.4 is 0 Å². The average molecular weight is 210 g/mol. The standard InChI is InChI=1S/C12H22N2O/c1-9(2)13-5-10(6-13)14-7-11-3-4-12(8-14)15-11/h9-12H,3-8H2,1-2H3. The summed E-state index contributed by atoms with van der Waals surface area (Å²) in [5.74, 6) is 0. The van der Waals surface area contributed by atoms with Gasteiger partial charge in [-0.1, -0.05) is 0 Å². The van der Waals surface area contributed by atoms with Crippen LogP contribution >= 0.6 is 0 Å². The minimum Gasteiger partial charge on any atom is -0.372 e. The molecule has 15 heavy (non-hydrogen) atoms. The quantitative estimate of drug-likeness (QED) is 0.674. The van der Waals surface area contributed by atoms with Gasteiger partial charge in [0.2, 0.25) is 0 Å². The van der Waals surface area contributed by atoms with Crippen molar-refractivity contribution < 1.29 is 4.74 Å². The van der Waals surface area contributed by atoms with E-state index in [1.54, 1.807) is 0 Å². The molecule has 0 N–H and O–H groups in total. The Labute approximate surface area is 92.4 Å². The van der Waals surface area contributed by atoms with E-state index >= 15 is 0 Å². The molecule has 3 saturated heterocycles. The van der Waals surface area contributed by atoms with Gasteiger partial charge in [-0.2, -0.15) is 0 Å². The molecule has 2 atom stereocenters. The molecule has 0 aliphatic carbocycles. The average Bonchev–Trinajstić information content (AvgIpc) is 2.42. The molecular weight excluding hydrogens is 188 g/mol. The first-order chi connectivity index (χ1) is 7.22. The minimum atomic E-state index is 0.553. The molecule has 2 unspecified atom stereocenters. The minimum absolute atomic E-state index is 0.553. The summed E-state index contributed by atoms with van der Waals surface area (Å²) < 4.78 is 5.87. The first-order valence-electron chi connectivity index (χ1n) is 6.36. The van der Waals surface area contributed by atoms with Crippen molar-refractivity contribution in [3.05, 3.63) is 0 Å². The largest absolute Gasteiger partial charge is 0.372 e. The maximum atomic E-state index is 5.87. The van der Waals surface area contributed by atoms with Gasteiger partial charge < -0.3 is 4.74 Å². The zero-order valence-electron chi connectivity index (χ0n) is 9.85. The van der Waals surface area contributed by atoms with Crippen molar-refractivity contribution in [3.8, 4) is 0 Å². The lowest BCUT2D eigenvalue weighted by atomic mass is 10.0. The van der Waals surface area contributed by atoms with E-state index in [0.717, 1.165) is 12.1 Å². The molecule has 0 spiro atoms. The van der Waals surface area contributed by atoms with Crippen LogP contribution in [0.1, 0.15) is 26.7 Å². The summed E-state index contributed by atoms with van der Waals surface area (Å²) in [6, 6.07) is 1.54. The normalized spacial score (nSPS) is 38.6. The summed E-state index contributed by atoms with van der Waals surface area (Å²) in [4.78, 5) is 5.23. The fourth-order valence-corrected chi connectivity index (χ4v) is 3.08. The molecule has 0 aromatic heterocycles. The molecular formula is C12H22N2O. The lowest BCUT2D eigenvalue weighted by molar-refractivity contribution is -0.0840. The van der Waals surface area contributed by atoms with Crippen molar-refractivity contribution in [2.24, 2.45) is 0 Å². The van der Waals surface area contributed by atoms with E-state index in [9.17, 15) is 0 Å². The van der Waals surface area contributed by atoms with Crippen LogP contribution in [0, 0.1) is 0 Å². The van der Waals surface area contributed by atoms with E-state index in [-0.39, 0.29) is 0 Å². The number of morpholine rings is 1. The molecule has 3 rings (SSSR count). The number of nitrogens with zero attached hydrogens (tertiary/aromatic N) is 2. The molecule has 2 bridgehead atoms. The summed E-state index contributed by atoms with van der Waals surface area (Å²) >= 11 is 0. The number of ether oxygens (including phenoxy) is 1. The second-order valence-electron chi connectivity index (χ2n) is 5.61. The van der Waals surface area contributed by atoms with Gasteiger partial charge >= 0.3 is 0 Å². The Bertz CT molecular complexity index is 226. The van der Waals surface area contributed by atoms with Gasteiger partial charge in [0.25, 0.3) is 0 Å². The van der Waals surface area contributed by atoms with Crippen molar-refractivity contribution in [1.29, 1.82) is 0 Å². The van der Waals surface area contributed by atoms with Crippen LogP contribution in [0.15, 0.2) is 0 Å². The maximum Gasteiger partial charge on any atom is 0.0707 e. The van der Waals surface area contributed by atoms with Gasteiger partial charge in [-0.05, 0) is 26.7 Å². The predicted octanol–water partition coefficient (Wildman–Crippen LogP) is 0.942. The first kappa shape index (κ1) is 10.1. The SMILES string of the molecule is CC(C)N1CC(N2CC3CCC(C2)O3)C1. The number of fused-ring (bicyclic) bond motifs is 2. The summed E-state index contributed by atoms with van der Waals surface area (Å²) in [5.41, 5.74) is 0. The van der Waals surface area contributed by atoms with Gasteiger partial charge in [-0.25, -0.2) is 0 Å². The van der Waals surface area contributed by atoms with Crippen LogP contribution in [0.2, 0.25) is 0 Å². The van der Waals surface area contributed by atoms with Gasteiger partial charge in [-0.15, -0.1) is 0 Å². The molecule has 86 valence electrons. The smallest absolute Gasteiger partial charge is 0.0707 e. The highest BCUT2D eigenvalue weighted by Crippen LogP contribution is 2.29. The molecule has 0 amide bonds. The van der Waals surface area contributed by atoms with Crippen LogP contribution in [-0.2, 0) is 4.74 Å². The zero-order valence-corrected chi connectivity index (χ0v) is 9.85. The van der Waals surface area contributed by atoms with Crippen molar-refractivity contribution >= 4 is 0 Å². The third-order valence-electron chi connectivity index (χ3n) is 4.21. The van der Waals surface area contributed by atoms with Crippen LogP contribution in [0.4, 0.5) is 0 Å². The zero-order chi connectivity index (χ0) is 10.4. The Hall–Kier alpha value is -0.120. The van der Waals surface area contributed by atoms with E-state index < -0.39 is 0 Å². The Morgan fingerprint density at radius 3 is 2.13 bits per heavy atom. The van der Waals surface area contributed by atoms with Crippen LogP contribution in [0.25, 0.3) is 0 Å². The third kappa shape index (κ3) is 1.81. The first-order valence-corrected chi connectivity index (χ1v) is 6.36. The summed E-state index contributed by atoms with van der Waals surface area (Å²) in [7, 11) is 0. The molecule has 3 fully saturated rings. The topological polar surface area (TPSA) is 15.7 Å². The van der Waals surface area contributed by atoms with Gasteiger partial charge in [0, 0.05) is 38.3 Å². The molecule has 0 radical (unpaired) electrons. The molecule has 3 heterocycles. The van der Waals surface area contributed by atoms with Gasteiger partial charge in [0.15, 0.2) is 0 Å². The summed E-state index contributed by atoms with van der Waals surface area (Å²) in [6.07, 6.45) is 3.69. The molecule has 0 aromatic rings. The molecule has 3 heteroatoms. The highest BCUT2D eigenvalue weighted by atomic mass is 16.5. The van der Waals surface area contributed by atoms with Crippen LogP contribution in [0.3, 0.4) is 0 Å². The molecule has 0 aromatic carbocycles. The van der Waals surface area contributed by atoms with Crippen LogP contribution in [-0.4, -0.2) is 60.3 Å². The number of hydrogen-bond acceptors (Lipinski definition) is 3. The molecule has 3 aliphatic rings. The van der Waals surface area contributed by atoms with E-state index in [1.165, 1.54) is 39.0 Å². The van der Waals surface area contributed by atoms with Crippen molar-refractivity contribution in [3.63, 3.8) is 0 Å². The highest BCUT2D eigenvalue weighted by molar-refractivity contribution is 4.95. The van der Waals surface area contributed by atoms with E-state index in [4.69, 9.17) is 4.74 Å². The third-order valence-corrected chi connectivity index (χ3v) is 4.21.